The molecule has 1 aromatic carbocycles. The van der Waals surface area contributed by atoms with Crippen LogP contribution in [0, 0.1) is 0 Å². The van der Waals surface area contributed by atoms with E-state index in [1.54, 1.807) is 0 Å². The van der Waals surface area contributed by atoms with E-state index in [1.807, 2.05) is 6.07 Å². The van der Waals surface area contributed by atoms with E-state index in [0.717, 1.165) is 23.2 Å². The standard InChI is InChI=1S/C16H21BrCl2N2/c1-11-9-20-16(7-3-2-4-8-16)10-21(11)13-6-5-12(17)14(18)15(13)19/h5-6,11,20H,2-4,7-10H2,1H3. The highest BCUT2D eigenvalue weighted by molar-refractivity contribution is 9.10. The van der Waals surface area contributed by atoms with Gasteiger partial charge in [-0.15, -0.1) is 0 Å². The van der Waals surface area contributed by atoms with Gasteiger partial charge in [-0.1, -0.05) is 42.5 Å². The zero-order chi connectivity index (χ0) is 15.0. The molecule has 2 fully saturated rings. The molecule has 21 heavy (non-hydrogen) atoms. The van der Waals surface area contributed by atoms with Crippen LogP contribution in [0.1, 0.15) is 39.0 Å². The lowest BCUT2D eigenvalue weighted by molar-refractivity contribution is 0.200. The number of nitrogens with one attached hydrogen (secondary N) is 1. The maximum atomic E-state index is 6.50. The average Bonchev–Trinajstić information content (AvgIpc) is 2.49. The Morgan fingerprint density at radius 1 is 1.19 bits per heavy atom. The van der Waals surface area contributed by atoms with Crippen LogP contribution in [-0.2, 0) is 0 Å². The molecule has 1 aromatic rings. The van der Waals surface area contributed by atoms with E-state index in [-0.39, 0.29) is 5.54 Å². The van der Waals surface area contributed by atoms with Crippen molar-refractivity contribution in [2.75, 3.05) is 18.0 Å². The zero-order valence-corrected chi connectivity index (χ0v) is 15.4. The summed E-state index contributed by atoms with van der Waals surface area (Å²) in [5, 5.41) is 5.07. The number of piperazine rings is 1. The summed E-state index contributed by atoms with van der Waals surface area (Å²) in [7, 11) is 0. The van der Waals surface area contributed by atoms with Crippen LogP contribution >= 0.6 is 39.1 Å². The van der Waals surface area contributed by atoms with E-state index in [0.29, 0.717) is 16.1 Å². The van der Waals surface area contributed by atoms with Crippen molar-refractivity contribution in [2.45, 2.75) is 50.6 Å². The Bertz CT molecular complexity index is 529. The van der Waals surface area contributed by atoms with Crippen LogP contribution in [0.5, 0.6) is 0 Å². The van der Waals surface area contributed by atoms with Crippen LogP contribution < -0.4 is 10.2 Å². The molecule has 2 aliphatic rings. The molecule has 1 spiro atoms. The first-order chi connectivity index (χ1) is 10.0. The van der Waals surface area contributed by atoms with Gasteiger partial charge < -0.3 is 10.2 Å². The Morgan fingerprint density at radius 3 is 2.62 bits per heavy atom. The highest BCUT2D eigenvalue weighted by atomic mass is 79.9. The molecule has 1 aliphatic carbocycles. The van der Waals surface area contributed by atoms with Gasteiger partial charge in [0.15, 0.2) is 0 Å². The van der Waals surface area contributed by atoms with Gasteiger partial charge in [0, 0.05) is 29.1 Å². The van der Waals surface area contributed by atoms with E-state index >= 15 is 0 Å². The summed E-state index contributed by atoms with van der Waals surface area (Å²) in [5.74, 6) is 0. The van der Waals surface area contributed by atoms with Crippen LogP contribution in [0.15, 0.2) is 16.6 Å². The van der Waals surface area contributed by atoms with E-state index in [9.17, 15) is 0 Å². The van der Waals surface area contributed by atoms with E-state index < -0.39 is 0 Å². The third kappa shape index (κ3) is 3.08. The summed E-state index contributed by atoms with van der Waals surface area (Å²) in [5.41, 5.74) is 1.32. The first kappa shape index (κ1) is 15.9. The molecule has 1 heterocycles. The Balaban J connectivity index is 1.91. The number of hydrogen-bond acceptors (Lipinski definition) is 2. The van der Waals surface area contributed by atoms with Crippen LogP contribution in [0.4, 0.5) is 5.69 Å². The van der Waals surface area contributed by atoms with Crippen molar-refractivity contribution in [1.29, 1.82) is 0 Å². The number of benzene rings is 1. The maximum Gasteiger partial charge on any atom is 0.0837 e. The molecular formula is C16H21BrCl2N2. The predicted molar refractivity (Wildman–Crippen MR) is 94.8 cm³/mol. The molecule has 0 radical (unpaired) electrons. The van der Waals surface area contributed by atoms with Gasteiger partial charge in [-0.05, 0) is 47.8 Å². The number of nitrogens with zero attached hydrogens (tertiary/aromatic N) is 1. The van der Waals surface area contributed by atoms with Crippen molar-refractivity contribution >= 4 is 44.8 Å². The van der Waals surface area contributed by atoms with Gasteiger partial charge >= 0.3 is 0 Å². The van der Waals surface area contributed by atoms with Crippen molar-refractivity contribution in [3.8, 4) is 0 Å². The lowest BCUT2D eigenvalue weighted by atomic mass is 9.79. The Morgan fingerprint density at radius 2 is 1.90 bits per heavy atom. The lowest BCUT2D eigenvalue weighted by Crippen LogP contribution is -2.64. The fourth-order valence-corrected chi connectivity index (χ4v) is 4.51. The molecule has 116 valence electrons. The van der Waals surface area contributed by atoms with Crippen LogP contribution in [-0.4, -0.2) is 24.7 Å². The van der Waals surface area contributed by atoms with Crippen LogP contribution in [0.3, 0.4) is 0 Å². The normalized spacial score (nSPS) is 25.3. The van der Waals surface area contributed by atoms with E-state index in [1.165, 1.54) is 32.1 Å². The number of rotatable bonds is 1. The first-order valence-corrected chi connectivity index (χ1v) is 9.22. The molecule has 2 nitrogen and oxygen atoms in total. The molecule has 1 saturated heterocycles. The largest absolute Gasteiger partial charge is 0.364 e. The average molecular weight is 392 g/mol. The summed E-state index contributed by atoms with van der Waals surface area (Å²) >= 11 is 16.2. The third-order valence-corrected chi connectivity index (χ3v) is 6.67. The van der Waals surface area contributed by atoms with Crippen molar-refractivity contribution in [1.82, 2.24) is 5.32 Å². The van der Waals surface area contributed by atoms with Crippen molar-refractivity contribution in [2.24, 2.45) is 0 Å². The smallest absolute Gasteiger partial charge is 0.0837 e. The minimum absolute atomic E-state index is 0.258. The molecule has 3 rings (SSSR count). The summed E-state index contributed by atoms with van der Waals surface area (Å²) in [6.45, 7) is 4.27. The van der Waals surface area contributed by atoms with Crippen molar-refractivity contribution in [3.63, 3.8) is 0 Å². The number of hydrogen-bond donors (Lipinski definition) is 1. The minimum Gasteiger partial charge on any atom is -0.364 e. The van der Waals surface area contributed by atoms with Crippen LogP contribution in [0.25, 0.3) is 0 Å². The molecule has 1 N–H and O–H groups in total. The van der Waals surface area contributed by atoms with Gasteiger partial charge in [0.05, 0.1) is 15.7 Å². The van der Waals surface area contributed by atoms with Gasteiger partial charge in [-0.25, -0.2) is 0 Å². The quantitative estimate of drug-likeness (QED) is 0.657. The second-order valence-electron chi connectivity index (χ2n) is 6.39. The second kappa shape index (κ2) is 6.27. The Labute approximate surface area is 145 Å². The molecule has 1 aliphatic heterocycles. The van der Waals surface area contributed by atoms with E-state index in [2.05, 4.69) is 39.1 Å². The number of halogens is 3. The summed E-state index contributed by atoms with van der Waals surface area (Å²) < 4.78 is 0.855. The minimum atomic E-state index is 0.258. The zero-order valence-electron chi connectivity index (χ0n) is 12.3. The van der Waals surface area contributed by atoms with Crippen molar-refractivity contribution in [3.05, 3.63) is 26.7 Å². The Kier molecular flexibility index (Phi) is 4.75. The molecule has 0 amide bonds. The molecule has 0 bridgehead atoms. The summed E-state index contributed by atoms with van der Waals surface area (Å²) in [6, 6.07) is 4.50. The fourth-order valence-electron chi connectivity index (χ4n) is 3.64. The van der Waals surface area contributed by atoms with Gasteiger partial charge in [-0.3, -0.25) is 0 Å². The molecular weight excluding hydrogens is 371 g/mol. The van der Waals surface area contributed by atoms with Gasteiger partial charge in [0.1, 0.15) is 0 Å². The summed E-state index contributed by atoms with van der Waals surface area (Å²) in [4.78, 5) is 2.43. The molecule has 1 unspecified atom stereocenters. The van der Waals surface area contributed by atoms with E-state index in [4.69, 9.17) is 23.2 Å². The van der Waals surface area contributed by atoms with Gasteiger partial charge in [-0.2, -0.15) is 0 Å². The SMILES string of the molecule is CC1CNC2(CCCCC2)CN1c1ccc(Br)c(Cl)c1Cl. The molecule has 1 saturated carbocycles. The Hall–Kier alpha value is 0.0400. The van der Waals surface area contributed by atoms with Gasteiger partial charge in [0.2, 0.25) is 0 Å². The topological polar surface area (TPSA) is 15.3 Å². The second-order valence-corrected chi connectivity index (χ2v) is 8.00. The van der Waals surface area contributed by atoms with Gasteiger partial charge in [0.25, 0.3) is 0 Å². The lowest BCUT2D eigenvalue weighted by Gasteiger charge is -2.50. The molecule has 5 heteroatoms. The molecule has 1 atom stereocenters. The van der Waals surface area contributed by atoms with Crippen molar-refractivity contribution < 1.29 is 0 Å². The highest BCUT2D eigenvalue weighted by Crippen LogP contribution is 2.41. The van der Waals surface area contributed by atoms with Crippen LogP contribution in [0.2, 0.25) is 10.0 Å². The molecule has 0 aromatic heterocycles. The summed E-state index contributed by atoms with van der Waals surface area (Å²) in [6.07, 6.45) is 6.54. The number of anilines is 1. The third-order valence-electron chi connectivity index (χ3n) is 4.91. The predicted octanol–water partition coefficient (Wildman–Crippen LogP) is 5.26. The first-order valence-electron chi connectivity index (χ1n) is 7.68. The highest BCUT2D eigenvalue weighted by Gasteiger charge is 2.39. The fraction of sp³-hybridized carbons (Fsp3) is 0.625. The monoisotopic (exact) mass is 390 g/mol. The maximum absolute atomic E-state index is 6.50.